The average molecular weight is 388 g/mol. The Labute approximate surface area is 146 Å². The molecule has 2 saturated carbocycles. The number of alkyl halides is 5. The minimum absolute atomic E-state index is 0.145. The van der Waals surface area contributed by atoms with Gasteiger partial charge in [0.15, 0.2) is 6.29 Å². The van der Waals surface area contributed by atoms with E-state index in [0.717, 1.165) is 6.42 Å². The van der Waals surface area contributed by atoms with E-state index in [0.29, 0.717) is 24.2 Å². The van der Waals surface area contributed by atoms with E-state index in [1.807, 2.05) is 6.92 Å². The highest BCUT2D eigenvalue weighted by Gasteiger charge is 2.73. The smallest absolute Gasteiger partial charge is 0.449 e. The van der Waals surface area contributed by atoms with Gasteiger partial charge in [0.2, 0.25) is 0 Å². The van der Waals surface area contributed by atoms with Gasteiger partial charge in [-0.2, -0.15) is 22.0 Å². The maximum Gasteiger partial charge on any atom is 0.449 e. The molecule has 3 rings (SSSR count). The number of hydrogen-bond acceptors (Lipinski definition) is 5. The van der Waals surface area contributed by atoms with Crippen molar-refractivity contribution in [2.24, 2.45) is 29.6 Å². The maximum atomic E-state index is 13.4. The molecule has 7 atom stereocenters. The van der Waals surface area contributed by atoms with E-state index >= 15 is 0 Å². The summed E-state index contributed by atoms with van der Waals surface area (Å²) in [6.07, 6.45) is -6.12. The molecule has 2 bridgehead atoms. The molecule has 10 heteroatoms. The number of ether oxygens (including phenoxy) is 3. The van der Waals surface area contributed by atoms with Gasteiger partial charge in [0.25, 0.3) is 0 Å². The Hall–Kier alpha value is -1.00. The van der Waals surface area contributed by atoms with Gasteiger partial charge in [-0.1, -0.05) is 13.8 Å². The third-order valence-corrected chi connectivity index (χ3v) is 6.19. The maximum absolute atomic E-state index is 13.4. The second-order valence-corrected chi connectivity index (χ2v) is 7.55. The molecule has 26 heavy (non-hydrogen) atoms. The van der Waals surface area contributed by atoms with Crippen LogP contribution in [0.25, 0.3) is 0 Å². The molecule has 1 heterocycles. The number of carbonyl (C=O) groups excluding carboxylic acids is 1. The van der Waals surface area contributed by atoms with Gasteiger partial charge < -0.3 is 19.3 Å². The molecule has 0 aromatic carbocycles. The average Bonchev–Trinajstić information content (AvgIpc) is 3.08. The van der Waals surface area contributed by atoms with Crippen molar-refractivity contribution in [3.05, 3.63) is 0 Å². The largest absolute Gasteiger partial charge is 0.460 e. The second kappa shape index (κ2) is 6.27. The van der Waals surface area contributed by atoms with Crippen molar-refractivity contribution < 1.29 is 46.1 Å². The molecule has 0 aromatic heterocycles. The molecule has 3 fully saturated rings. The van der Waals surface area contributed by atoms with Crippen molar-refractivity contribution in [2.75, 3.05) is 13.2 Å². The molecule has 0 amide bonds. The van der Waals surface area contributed by atoms with E-state index in [1.165, 1.54) is 0 Å². The van der Waals surface area contributed by atoms with Crippen molar-refractivity contribution in [3.8, 4) is 0 Å². The Bertz CT molecular complexity index is 566. The van der Waals surface area contributed by atoms with E-state index in [1.54, 1.807) is 0 Å². The van der Waals surface area contributed by atoms with E-state index in [4.69, 9.17) is 4.74 Å². The van der Waals surface area contributed by atoms with E-state index in [-0.39, 0.29) is 11.8 Å². The lowest BCUT2D eigenvalue weighted by molar-refractivity contribution is -0.490. The third-order valence-electron chi connectivity index (χ3n) is 6.19. The van der Waals surface area contributed by atoms with E-state index in [9.17, 15) is 31.9 Å². The lowest BCUT2D eigenvalue weighted by atomic mass is 9.76. The van der Waals surface area contributed by atoms with Gasteiger partial charge in [0.1, 0.15) is 13.2 Å². The molecule has 3 aliphatic rings. The van der Waals surface area contributed by atoms with Crippen LogP contribution in [0.5, 0.6) is 0 Å². The standard InChI is InChI=1S/C16H21F5O5/c1-7-8(2)10-3-9(7)4-11(10)13(22)24-5-12-25-6-14(17,18)15(23,26-12)16(19,20)21/h7-12,23H,3-6H2,1-2H3. The summed E-state index contributed by atoms with van der Waals surface area (Å²) in [5, 5.41) is 9.31. The van der Waals surface area contributed by atoms with Crippen LogP contribution in [0.3, 0.4) is 0 Å². The van der Waals surface area contributed by atoms with E-state index < -0.39 is 43.4 Å². The zero-order chi connectivity index (χ0) is 19.5. The van der Waals surface area contributed by atoms with Crippen molar-refractivity contribution in [1.82, 2.24) is 0 Å². The summed E-state index contributed by atoms with van der Waals surface area (Å²) < 4.78 is 78.7. The minimum Gasteiger partial charge on any atom is -0.460 e. The van der Waals surface area contributed by atoms with Crippen LogP contribution in [0.15, 0.2) is 0 Å². The van der Waals surface area contributed by atoms with Crippen LogP contribution in [0.2, 0.25) is 0 Å². The van der Waals surface area contributed by atoms with Gasteiger partial charge in [-0.05, 0) is 36.5 Å². The van der Waals surface area contributed by atoms with Gasteiger partial charge in [-0.3, -0.25) is 4.79 Å². The van der Waals surface area contributed by atoms with Crippen molar-refractivity contribution in [3.63, 3.8) is 0 Å². The van der Waals surface area contributed by atoms with Gasteiger partial charge in [-0.25, -0.2) is 0 Å². The lowest BCUT2D eigenvalue weighted by Crippen LogP contribution is -2.67. The van der Waals surface area contributed by atoms with Crippen LogP contribution in [-0.4, -0.2) is 48.5 Å². The van der Waals surface area contributed by atoms with Gasteiger partial charge in [0, 0.05) is 0 Å². The van der Waals surface area contributed by atoms with E-state index in [2.05, 4.69) is 16.4 Å². The molecular weight excluding hydrogens is 367 g/mol. The first kappa shape index (κ1) is 19.8. The van der Waals surface area contributed by atoms with Crippen LogP contribution in [0.4, 0.5) is 22.0 Å². The number of rotatable bonds is 3. The van der Waals surface area contributed by atoms with Crippen LogP contribution in [0, 0.1) is 29.6 Å². The summed E-state index contributed by atoms with van der Waals surface area (Å²) in [5.74, 6) is -8.95. The fourth-order valence-corrected chi connectivity index (χ4v) is 4.43. The Balaban J connectivity index is 1.58. The molecule has 5 nitrogen and oxygen atoms in total. The molecule has 7 unspecified atom stereocenters. The summed E-state index contributed by atoms with van der Waals surface area (Å²) in [6.45, 7) is 1.67. The highest BCUT2D eigenvalue weighted by molar-refractivity contribution is 5.73. The van der Waals surface area contributed by atoms with Crippen molar-refractivity contribution in [1.29, 1.82) is 0 Å². The predicted molar refractivity (Wildman–Crippen MR) is 75.8 cm³/mol. The number of aliphatic hydroxyl groups is 1. The SMILES string of the molecule is CC1C2CC(C(=O)OCC3OCC(F)(F)C(O)(C(F)(F)F)O3)C(C2)C1C. The van der Waals surface area contributed by atoms with Crippen LogP contribution >= 0.6 is 0 Å². The molecule has 0 aromatic rings. The van der Waals surface area contributed by atoms with Crippen molar-refractivity contribution >= 4 is 5.97 Å². The van der Waals surface area contributed by atoms with Crippen molar-refractivity contribution in [2.45, 2.75) is 50.9 Å². The summed E-state index contributed by atoms with van der Waals surface area (Å²) in [5.41, 5.74) is 0. The molecule has 0 radical (unpaired) electrons. The fraction of sp³-hybridized carbons (Fsp3) is 0.938. The third kappa shape index (κ3) is 2.99. The highest BCUT2D eigenvalue weighted by Crippen LogP contribution is 2.55. The molecule has 1 aliphatic heterocycles. The van der Waals surface area contributed by atoms with Gasteiger partial charge in [-0.15, -0.1) is 0 Å². The number of hydrogen-bond donors (Lipinski definition) is 1. The molecule has 1 N–H and O–H groups in total. The number of fused-ring (bicyclic) bond motifs is 2. The molecular formula is C16H21F5O5. The Morgan fingerprint density at radius 1 is 1.23 bits per heavy atom. The number of halogens is 5. The predicted octanol–water partition coefficient (Wildman–Crippen LogP) is 2.72. The quantitative estimate of drug-likeness (QED) is 0.595. The zero-order valence-corrected chi connectivity index (χ0v) is 14.3. The Morgan fingerprint density at radius 3 is 2.42 bits per heavy atom. The minimum atomic E-state index is -5.74. The first-order valence-corrected chi connectivity index (χ1v) is 8.50. The monoisotopic (exact) mass is 388 g/mol. The first-order valence-electron chi connectivity index (χ1n) is 8.50. The molecule has 0 spiro atoms. The number of esters is 1. The summed E-state index contributed by atoms with van der Waals surface area (Å²) >= 11 is 0. The summed E-state index contributed by atoms with van der Waals surface area (Å²) in [6, 6.07) is 0. The number of carbonyl (C=O) groups is 1. The molecule has 1 saturated heterocycles. The summed E-state index contributed by atoms with van der Waals surface area (Å²) in [7, 11) is 0. The van der Waals surface area contributed by atoms with Gasteiger partial charge >= 0.3 is 23.9 Å². The topological polar surface area (TPSA) is 65.0 Å². The fourth-order valence-electron chi connectivity index (χ4n) is 4.43. The second-order valence-electron chi connectivity index (χ2n) is 7.55. The molecule has 150 valence electrons. The normalized spacial score (nSPS) is 44.9. The van der Waals surface area contributed by atoms with Crippen LogP contribution in [-0.2, 0) is 19.0 Å². The van der Waals surface area contributed by atoms with Crippen LogP contribution < -0.4 is 0 Å². The Kier molecular flexibility index (Phi) is 4.76. The highest BCUT2D eigenvalue weighted by atomic mass is 19.4. The van der Waals surface area contributed by atoms with Gasteiger partial charge in [0.05, 0.1) is 5.92 Å². The lowest BCUT2D eigenvalue weighted by Gasteiger charge is -2.42. The Morgan fingerprint density at radius 2 is 1.88 bits per heavy atom. The summed E-state index contributed by atoms with van der Waals surface area (Å²) in [4.78, 5) is 12.2. The van der Waals surface area contributed by atoms with Crippen LogP contribution in [0.1, 0.15) is 26.7 Å². The first-order chi connectivity index (χ1) is 11.9. The zero-order valence-electron chi connectivity index (χ0n) is 14.3. The molecule has 2 aliphatic carbocycles.